The zero-order valence-electron chi connectivity index (χ0n) is 9.59. The van der Waals surface area contributed by atoms with Gasteiger partial charge in [0.1, 0.15) is 0 Å². The monoisotopic (exact) mass is 181 g/mol. The molecule has 0 rings (SSSR count). The van der Waals surface area contributed by atoms with Crippen LogP contribution < -0.4 is 5.73 Å². The summed E-state index contributed by atoms with van der Waals surface area (Å²) in [4.78, 5) is 0. The van der Waals surface area contributed by atoms with Gasteiger partial charge < -0.3 is 5.73 Å². The van der Waals surface area contributed by atoms with E-state index in [0.29, 0.717) is 17.8 Å². The molecule has 2 N–H and O–H groups in total. The molecular weight excluding hydrogens is 158 g/mol. The lowest BCUT2D eigenvalue weighted by atomic mass is 9.88. The second-order valence-corrected chi connectivity index (χ2v) is 4.30. The number of nitrogens with two attached hydrogens (primary N) is 1. The molecule has 0 aliphatic rings. The van der Waals surface area contributed by atoms with Crippen LogP contribution in [-0.4, -0.2) is 0 Å². The summed E-state index contributed by atoms with van der Waals surface area (Å²) in [5, 5.41) is 0. The smallest absolute Gasteiger partial charge is 0.0147 e. The summed E-state index contributed by atoms with van der Waals surface area (Å²) < 4.78 is 0. The maximum atomic E-state index is 6.08. The van der Waals surface area contributed by atoms with Gasteiger partial charge in [0, 0.05) is 5.70 Å². The summed E-state index contributed by atoms with van der Waals surface area (Å²) in [7, 11) is 0. The Bertz CT molecular complexity index is 199. The van der Waals surface area contributed by atoms with E-state index < -0.39 is 0 Å². The first kappa shape index (κ1) is 12.3. The molecule has 0 aliphatic heterocycles. The molecule has 76 valence electrons. The fraction of sp³-hybridized carbons (Fsp3) is 0.667. The Morgan fingerprint density at radius 2 is 1.62 bits per heavy atom. The minimum Gasteiger partial charge on any atom is -0.402 e. The van der Waals surface area contributed by atoms with Crippen LogP contribution in [0.4, 0.5) is 0 Å². The number of hydrogen-bond acceptors (Lipinski definition) is 1. The molecule has 0 aromatic heterocycles. The van der Waals surface area contributed by atoms with E-state index in [1.807, 2.05) is 6.08 Å². The Hall–Kier alpha value is -0.720. The average molecular weight is 181 g/mol. The van der Waals surface area contributed by atoms with Crippen LogP contribution in [0.25, 0.3) is 0 Å². The summed E-state index contributed by atoms with van der Waals surface area (Å²) in [6.07, 6.45) is 1.89. The molecule has 0 aliphatic carbocycles. The van der Waals surface area contributed by atoms with Crippen molar-refractivity contribution in [3.05, 3.63) is 23.9 Å². The van der Waals surface area contributed by atoms with Gasteiger partial charge in [0.05, 0.1) is 0 Å². The highest BCUT2D eigenvalue weighted by atomic mass is 14.6. The fourth-order valence-corrected chi connectivity index (χ4v) is 1.31. The SMILES string of the molecule is C=C/C(=C(/N)C(C)C(C)C)C(C)C. The summed E-state index contributed by atoms with van der Waals surface area (Å²) in [5.41, 5.74) is 8.28. The molecule has 0 amide bonds. The highest BCUT2D eigenvalue weighted by Gasteiger charge is 2.14. The highest BCUT2D eigenvalue weighted by molar-refractivity contribution is 5.25. The van der Waals surface area contributed by atoms with E-state index in [1.54, 1.807) is 0 Å². The lowest BCUT2D eigenvalue weighted by Crippen LogP contribution is -2.18. The van der Waals surface area contributed by atoms with Crippen molar-refractivity contribution in [3.63, 3.8) is 0 Å². The van der Waals surface area contributed by atoms with Crippen molar-refractivity contribution in [1.29, 1.82) is 0 Å². The van der Waals surface area contributed by atoms with Crippen LogP contribution in [0.3, 0.4) is 0 Å². The van der Waals surface area contributed by atoms with Crippen molar-refractivity contribution in [1.82, 2.24) is 0 Å². The van der Waals surface area contributed by atoms with Crippen molar-refractivity contribution in [2.24, 2.45) is 23.5 Å². The van der Waals surface area contributed by atoms with E-state index in [0.717, 1.165) is 5.70 Å². The lowest BCUT2D eigenvalue weighted by Gasteiger charge is -2.20. The van der Waals surface area contributed by atoms with E-state index in [9.17, 15) is 0 Å². The Labute approximate surface area is 82.7 Å². The molecule has 1 nitrogen and oxygen atoms in total. The van der Waals surface area contributed by atoms with E-state index in [2.05, 4.69) is 41.2 Å². The first-order chi connectivity index (χ1) is 5.91. The first-order valence-corrected chi connectivity index (χ1v) is 5.03. The third-order valence-corrected chi connectivity index (χ3v) is 2.67. The van der Waals surface area contributed by atoms with Gasteiger partial charge in [0.15, 0.2) is 0 Å². The molecule has 1 heteroatoms. The van der Waals surface area contributed by atoms with Crippen LogP contribution in [0.15, 0.2) is 23.9 Å². The molecule has 0 saturated carbocycles. The minimum atomic E-state index is 0.440. The molecule has 0 saturated heterocycles. The zero-order valence-corrected chi connectivity index (χ0v) is 9.59. The van der Waals surface area contributed by atoms with Crippen LogP contribution in [-0.2, 0) is 0 Å². The van der Waals surface area contributed by atoms with Gasteiger partial charge in [0.2, 0.25) is 0 Å². The molecule has 1 unspecified atom stereocenters. The van der Waals surface area contributed by atoms with E-state index >= 15 is 0 Å². The van der Waals surface area contributed by atoms with Crippen molar-refractivity contribution in [2.45, 2.75) is 34.6 Å². The predicted molar refractivity (Wildman–Crippen MR) is 60.3 cm³/mol. The number of allylic oxidation sites excluding steroid dienone is 3. The first-order valence-electron chi connectivity index (χ1n) is 5.03. The number of hydrogen-bond donors (Lipinski definition) is 1. The maximum Gasteiger partial charge on any atom is 0.0147 e. The summed E-state index contributed by atoms with van der Waals surface area (Å²) in [5.74, 6) is 1.50. The third kappa shape index (κ3) is 3.25. The normalized spacial score (nSPS) is 15.9. The predicted octanol–water partition coefficient (Wildman–Crippen LogP) is 3.33. The fourth-order valence-electron chi connectivity index (χ4n) is 1.31. The molecule has 0 aromatic carbocycles. The third-order valence-electron chi connectivity index (χ3n) is 2.67. The summed E-state index contributed by atoms with van der Waals surface area (Å²) >= 11 is 0. The van der Waals surface area contributed by atoms with Gasteiger partial charge in [-0.05, 0) is 23.3 Å². The van der Waals surface area contributed by atoms with E-state index in [-0.39, 0.29) is 0 Å². The summed E-state index contributed by atoms with van der Waals surface area (Å²) in [6.45, 7) is 14.7. The van der Waals surface area contributed by atoms with Crippen LogP contribution in [0.1, 0.15) is 34.6 Å². The molecule has 0 aromatic rings. The largest absolute Gasteiger partial charge is 0.402 e. The van der Waals surface area contributed by atoms with Crippen molar-refractivity contribution in [3.8, 4) is 0 Å². The van der Waals surface area contributed by atoms with Gasteiger partial charge in [0.25, 0.3) is 0 Å². The Balaban J connectivity index is 4.84. The van der Waals surface area contributed by atoms with Crippen LogP contribution in [0.5, 0.6) is 0 Å². The highest BCUT2D eigenvalue weighted by Crippen LogP contribution is 2.23. The Morgan fingerprint density at radius 1 is 1.15 bits per heavy atom. The maximum absolute atomic E-state index is 6.08. The molecular formula is C12H23N. The van der Waals surface area contributed by atoms with Crippen LogP contribution in [0, 0.1) is 17.8 Å². The molecule has 1 atom stereocenters. The molecule has 0 bridgehead atoms. The quantitative estimate of drug-likeness (QED) is 0.661. The van der Waals surface area contributed by atoms with Crippen molar-refractivity contribution >= 4 is 0 Å². The summed E-state index contributed by atoms with van der Waals surface area (Å²) in [6, 6.07) is 0. The van der Waals surface area contributed by atoms with Gasteiger partial charge in [-0.1, -0.05) is 47.3 Å². The minimum absolute atomic E-state index is 0.440. The van der Waals surface area contributed by atoms with Crippen molar-refractivity contribution < 1.29 is 0 Å². The second-order valence-electron chi connectivity index (χ2n) is 4.30. The Morgan fingerprint density at radius 3 is 1.85 bits per heavy atom. The topological polar surface area (TPSA) is 26.0 Å². The van der Waals surface area contributed by atoms with Gasteiger partial charge in [-0.15, -0.1) is 0 Å². The molecule has 0 heterocycles. The van der Waals surface area contributed by atoms with Crippen molar-refractivity contribution in [2.75, 3.05) is 0 Å². The second kappa shape index (κ2) is 5.11. The zero-order chi connectivity index (χ0) is 10.6. The lowest BCUT2D eigenvalue weighted by molar-refractivity contribution is 0.469. The molecule has 13 heavy (non-hydrogen) atoms. The van der Waals surface area contributed by atoms with Gasteiger partial charge in [-0.2, -0.15) is 0 Å². The van der Waals surface area contributed by atoms with Gasteiger partial charge in [-0.25, -0.2) is 0 Å². The Kier molecular flexibility index (Phi) is 4.82. The number of rotatable bonds is 4. The molecule has 0 spiro atoms. The van der Waals surface area contributed by atoms with E-state index in [1.165, 1.54) is 5.57 Å². The standard InChI is InChI=1S/C12H23N/c1-7-11(9(4)5)12(13)10(6)8(2)3/h7-10H,1,13H2,2-6H3/b12-11-. The van der Waals surface area contributed by atoms with Crippen LogP contribution >= 0.6 is 0 Å². The molecule has 0 fully saturated rings. The van der Waals surface area contributed by atoms with Gasteiger partial charge in [-0.3, -0.25) is 0 Å². The molecule has 0 radical (unpaired) electrons. The van der Waals surface area contributed by atoms with E-state index in [4.69, 9.17) is 5.73 Å². The van der Waals surface area contributed by atoms with Crippen LogP contribution in [0.2, 0.25) is 0 Å². The van der Waals surface area contributed by atoms with Gasteiger partial charge >= 0.3 is 0 Å². The average Bonchev–Trinajstić information content (AvgIpc) is 2.03.